The number of aryl methyl sites for hydroxylation is 2. The maximum Gasteiger partial charge on any atom is 0.234 e. The van der Waals surface area contributed by atoms with Crippen LogP contribution in [0.4, 0.5) is 5.69 Å². The number of pyridine rings is 1. The molecule has 0 bridgehead atoms. The standard InChI is InChI=1S/C20H21N5OS/c1-4-11-25-19(16-7-5-6-10-21-16)23-24-20(25)27-13-18(26)22-17-12-14(2)8-9-15(17)3/h4-10,12H,1,11,13H2,2-3H3,(H,22,26). The first-order chi connectivity index (χ1) is 13.1. The molecular weight excluding hydrogens is 358 g/mol. The topological polar surface area (TPSA) is 72.7 Å². The molecule has 6 nitrogen and oxygen atoms in total. The summed E-state index contributed by atoms with van der Waals surface area (Å²) in [5.74, 6) is 0.819. The summed E-state index contributed by atoms with van der Waals surface area (Å²) < 4.78 is 1.91. The van der Waals surface area contributed by atoms with Crippen molar-refractivity contribution in [2.75, 3.05) is 11.1 Å². The summed E-state index contributed by atoms with van der Waals surface area (Å²) in [7, 11) is 0. The van der Waals surface area contributed by atoms with Gasteiger partial charge >= 0.3 is 0 Å². The highest BCUT2D eigenvalue weighted by Crippen LogP contribution is 2.23. The van der Waals surface area contributed by atoms with Gasteiger partial charge in [-0.2, -0.15) is 0 Å². The van der Waals surface area contributed by atoms with Gasteiger partial charge in [-0.15, -0.1) is 16.8 Å². The Hall–Kier alpha value is -2.93. The van der Waals surface area contributed by atoms with E-state index in [2.05, 4.69) is 27.1 Å². The number of hydrogen-bond acceptors (Lipinski definition) is 5. The third-order valence-corrected chi connectivity index (χ3v) is 4.89. The number of rotatable bonds is 7. The maximum atomic E-state index is 12.4. The average molecular weight is 379 g/mol. The summed E-state index contributed by atoms with van der Waals surface area (Å²) in [6.45, 7) is 8.31. The van der Waals surface area contributed by atoms with Gasteiger partial charge < -0.3 is 5.32 Å². The lowest BCUT2D eigenvalue weighted by atomic mass is 10.1. The zero-order valence-electron chi connectivity index (χ0n) is 15.3. The first-order valence-electron chi connectivity index (χ1n) is 8.54. The minimum absolute atomic E-state index is 0.0822. The largest absolute Gasteiger partial charge is 0.325 e. The Bertz CT molecular complexity index is 952. The second kappa shape index (κ2) is 8.64. The van der Waals surface area contributed by atoms with Crippen molar-refractivity contribution in [1.29, 1.82) is 0 Å². The number of aromatic nitrogens is 4. The molecule has 0 saturated carbocycles. The number of benzene rings is 1. The molecular formula is C20H21N5OS. The van der Waals surface area contributed by atoms with E-state index in [1.807, 2.05) is 54.8 Å². The van der Waals surface area contributed by atoms with Crippen LogP contribution in [0.1, 0.15) is 11.1 Å². The van der Waals surface area contributed by atoms with Gasteiger partial charge in [0.1, 0.15) is 5.69 Å². The Morgan fingerprint density at radius 1 is 1.26 bits per heavy atom. The third kappa shape index (κ3) is 4.62. The minimum Gasteiger partial charge on any atom is -0.325 e. The molecule has 0 atom stereocenters. The predicted molar refractivity (Wildman–Crippen MR) is 109 cm³/mol. The smallest absolute Gasteiger partial charge is 0.234 e. The van der Waals surface area contributed by atoms with E-state index < -0.39 is 0 Å². The van der Waals surface area contributed by atoms with Gasteiger partial charge in [0.25, 0.3) is 0 Å². The highest BCUT2D eigenvalue weighted by molar-refractivity contribution is 7.99. The molecule has 0 unspecified atom stereocenters. The van der Waals surface area contributed by atoms with Crippen LogP contribution in [0.2, 0.25) is 0 Å². The molecule has 0 radical (unpaired) electrons. The molecule has 0 fully saturated rings. The first kappa shape index (κ1) is 18.8. The molecule has 2 aromatic heterocycles. The predicted octanol–water partition coefficient (Wildman–Crippen LogP) is 3.87. The molecule has 7 heteroatoms. The van der Waals surface area contributed by atoms with Crippen molar-refractivity contribution in [3.8, 4) is 11.5 Å². The summed E-state index contributed by atoms with van der Waals surface area (Å²) in [5.41, 5.74) is 3.71. The van der Waals surface area contributed by atoms with E-state index in [9.17, 15) is 4.79 Å². The highest BCUT2D eigenvalue weighted by atomic mass is 32.2. The molecule has 1 aromatic carbocycles. The lowest BCUT2D eigenvalue weighted by Crippen LogP contribution is -2.15. The van der Waals surface area contributed by atoms with Crippen molar-refractivity contribution in [3.63, 3.8) is 0 Å². The van der Waals surface area contributed by atoms with Crippen LogP contribution in [-0.2, 0) is 11.3 Å². The second-order valence-corrected chi connectivity index (χ2v) is 7.02. The normalized spacial score (nSPS) is 10.6. The van der Waals surface area contributed by atoms with Gasteiger partial charge in [0.15, 0.2) is 11.0 Å². The minimum atomic E-state index is -0.0822. The van der Waals surface area contributed by atoms with Gasteiger partial charge in [-0.25, -0.2) is 0 Å². The first-order valence-corrected chi connectivity index (χ1v) is 9.52. The molecule has 27 heavy (non-hydrogen) atoms. The van der Waals surface area contributed by atoms with E-state index in [1.165, 1.54) is 11.8 Å². The van der Waals surface area contributed by atoms with Crippen LogP contribution >= 0.6 is 11.8 Å². The quantitative estimate of drug-likeness (QED) is 0.498. The molecule has 0 spiro atoms. The Morgan fingerprint density at radius 2 is 2.11 bits per heavy atom. The Balaban J connectivity index is 1.72. The molecule has 1 N–H and O–H groups in total. The molecule has 1 amide bonds. The van der Waals surface area contributed by atoms with Gasteiger partial charge in [0.05, 0.1) is 5.75 Å². The fraction of sp³-hybridized carbons (Fsp3) is 0.200. The molecule has 0 aliphatic heterocycles. The molecule has 138 valence electrons. The zero-order chi connectivity index (χ0) is 19.2. The lowest BCUT2D eigenvalue weighted by Gasteiger charge is -2.10. The van der Waals surface area contributed by atoms with Gasteiger partial charge in [-0.1, -0.05) is 36.0 Å². The van der Waals surface area contributed by atoms with Gasteiger partial charge in [0.2, 0.25) is 5.91 Å². The molecule has 2 heterocycles. The maximum absolute atomic E-state index is 12.4. The summed E-state index contributed by atoms with van der Waals surface area (Å²) in [4.78, 5) is 16.7. The SMILES string of the molecule is C=CCn1c(SCC(=O)Nc2cc(C)ccc2C)nnc1-c1ccccn1. The van der Waals surface area contributed by atoms with Crippen LogP contribution in [0.15, 0.2) is 60.4 Å². The number of carbonyl (C=O) groups is 1. The summed E-state index contributed by atoms with van der Waals surface area (Å²) in [5, 5.41) is 12.1. The van der Waals surface area contributed by atoms with Crippen LogP contribution < -0.4 is 5.32 Å². The van der Waals surface area contributed by atoms with Crippen LogP contribution in [0.3, 0.4) is 0 Å². The summed E-state index contributed by atoms with van der Waals surface area (Å²) in [6, 6.07) is 11.6. The molecule has 0 aliphatic rings. The van der Waals surface area contributed by atoms with E-state index in [1.54, 1.807) is 12.3 Å². The van der Waals surface area contributed by atoms with Crippen molar-refractivity contribution in [1.82, 2.24) is 19.7 Å². The molecule has 0 aliphatic carbocycles. The Labute approximate surface area is 162 Å². The van der Waals surface area contributed by atoms with E-state index in [-0.39, 0.29) is 11.7 Å². The van der Waals surface area contributed by atoms with Crippen molar-refractivity contribution >= 4 is 23.4 Å². The van der Waals surface area contributed by atoms with Crippen LogP contribution in [-0.4, -0.2) is 31.4 Å². The van der Waals surface area contributed by atoms with Gasteiger partial charge in [0, 0.05) is 18.4 Å². The third-order valence-electron chi connectivity index (χ3n) is 3.92. The van der Waals surface area contributed by atoms with Gasteiger partial charge in [-0.3, -0.25) is 14.3 Å². The van der Waals surface area contributed by atoms with E-state index in [0.717, 1.165) is 22.5 Å². The fourth-order valence-electron chi connectivity index (χ4n) is 2.56. The fourth-order valence-corrected chi connectivity index (χ4v) is 3.31. The molecule has 3 rings (SSSR count). The van der Waals surface area contributed by atoms with E-state index in [0.29, 0.717) is 17.5 Å². The number of allylic oxidation sites excluding steroid dienone is 1. The van der Waals surface area contributed by atoms with Crippen molar-refractivity contribution in [2.45, 2.75) is 25.5 Å². The Morgan fingerprint density at radius 3 is 2.85 bits per heavy atom. The second-order valence-electron chi connectivity index (χ2n) is 6.08. The van der Waals surface area contributed by atoms with Crippen LogP contribution in [0.5, 0.6) is 0 Å². The highest BCUT2D eigenvalue weighted by Gasteiger charge is 2.16. The zero-order valence-corrected chi connectivity index (χ0v) is 16.2. The van der Waals surface area contributed by atoms with E-state index >= 15 is 0 Å². The number of thioether (sulfide) groups is 1. The number of nitrogens with one attached hydrogen (secondary N) is 1. The van der Waals surface area contributed by atoms with Crippen LogP contribution in [0.25, 0.3) is 11.5 Å². The number of amides is 1. The summed E-state index contributed by atoms with van der Waals surface area (Å²) in [6.07, 6.45) is 3.49. The van der Waals surface area contributed by atoms with Crippen molar-refractivity contribution < 1.29 is 4.79 Å². The number of anilines is 1. The number of nitrogens with zero attached hydrogens (tertiary/aromatic N) is 4. The number of carbonyl (C=O) groups excluding carboxylic acids is 1. The Kier molecular flexibility index (Phi) is 6.03. The average Bonchev–Trinajstić information content (AvgIpc) is 3.07. The van der Waals surface area contributed by atoms with Gasteiger partial charge in [-0.05, 0) is 43.2 Å². The molecule has 3 aromatic rings. The van der Waals surface area contributed by atoms with E-state index in [4.69, 9.17) is 0 Å². The van der Waals surface area contributed by atoms with Crippen molar-refractivity contribution in [2.24, 2.45) is 0 Å². The van der Waals surface area contributed by atoms with Crippen LogP contribution in [0, 0.1) is 13.8 Å². The number of hydrogen-bond donors (Lipinski definition) is 1. The monoisotopic (exact) mass is 379 g/mol. The summed E-state index contributed by atoms with van der Waals surface area (Å²) >= 11 is 1.34. The molecule has 0 saturated heterocycles. The lowest BCUT2D eigenvalue weighted by molar-refractivity contribution is -0.113. The van der Waals surface area contributed by atoms with Crippen molar-refractivity contribution in [3.05, 3.63) is 66.4 Å².